The van der Waals surface area contributed by atoms with Crippen LogP contribution in [0, 0.1) is 5.41 Å². The first-order valence-corrected chi connectivity index (χ1v) is 7.76. The van der Waals surface area contributed by atoms with Gasteiger partial charge in [-0.05, 0) is 30.9 Å². The molecule has 3 aliphatic rings. The lowest BCUT2D eigenvalue weighted by molar-refractivity contribution is -0.139. The zero-order chi connectivity index (χ0) is 14.6. The summed E-state index contributed by atoms with van der Waals surface area (Å²) in [7, 11) is 1.64. The van der Waals surface area contributed by atoms with E-state index in [1.54, 1.807) is 7.11 Å². The highest BCUT2D eigenvalue weighted by atomic mass is 35.5. The number of carbonyl (C=O) groups excluding carboxylic acids is 1. The van der Waals surface area contributed by atoms with Crippen LogP contribution in [0.3, 0.4) is 0 Å². The summed E-state index contributed by atoms with van der Waals surface area (Å²) >= 11 is 6.04. The highest BCUT2D eigenvalue weighted by Gasteiger charge is 2.54. The van der Waals surface area contributed by atoms with Gasteiger partial charge in [0.25, 0.3) is 0 Å². The molecule has 21 heavy (non-hydrogen) atoms. The number of hydrogen-bond acceptors (Lipinski definition) is 4. The first-order chi connectivity index (χ1) is 10.1. The number of fused-ring (bicyclic) bond motifs is 1. The average Bonchev–Trinajstić information content (AvgIpc) is 2.99. The number of aromatic nitrogens is 1. The Bertz CT molecular complexity index is 613. The fourth-order valence-electron chi connectivity index (χ4n) is 4.04. The Labute approximate surface area is 128 Å². The molecule has 5 nitrogen and oxygen atoms in total. The highest BCUT2D eigenvalue weighted by molar-refractivity contribution is 6.29. The molecule has 0 saturated carbocycles. The van der Waals surface area contributed by atoms with Crippen molar-refractivity contribution < 1.29 is 9.53 Å². The molecular weight excluding hydrogens is 290 g/mol. The second-order valence-corrected chi connectivity index (χ2v) is 6.66. The van der Waals surface area contributed by atoms with E-state index in [4.69, 9.17) is 16.3 Å². The molecule has 0 bridgehead atoms. The summed E-state index contributed by atoms with van der Waals surface area (Å²) < 4.78 is 5.42. The van der Waals surface area contributed by atoms with Gasteiger partial charge in [0, 0.05) is 31.2 Å². The van der Waals surface area contributed by atoms with Crippen LogP contribution < -0.4 is 10.1 Å². The summed E-state index contributed by atoms with van der Waals surface area (Å²) in [6, 6.07) is 2.25. The summed E-state index contributed by atoms with van der Waals surface area (Å²) in [5.74, 6) is 0.856. The predicted octanol–water partition coefficient (Wildman–Crippen LogP) is 1.55. The average molecular weight is 308 g/mol. The van der Waals surface area contributed by atoms with Crippen LogP contribution in [0.15, 0.2) is 6.07 Å². The van der Waals surface area contributed by atoms with Crippen LogP contribution in [0.2, 0.25) is 5.15 Å². The molecule has 1 aromatic heterocycles. The number of likely N-dealkylation sites (tertiary alicyclic amines) is 1. The second kappa shape index (κ2) is 4.58. The third-order valence-corrected chi connectivity index (χ3v) is 5.31. The number of pyridine rings is 1. The Kier molecular flexibility index (Phi) is 2.91. The van der Waals surface area contributed by atoms with Crippen molar-refractivity contribution in [2.24, 2.45) is 5.41 Å². The fraction of sp³-hybridized carbons (Fsp3) is 0.600. The third-order valence-electron chi connectivity index (χ3n) is 5.11. The maximum Gasteiger partial charge on any atom is 0.228 e. The van der Waals surface area contributed by atoms with Crippen molar-refractivity contribution in [3.63, 3.8) is 0 Å². The summed E-state index contributed by atoms with van der Waals surface area (Å²) in [4.78, 5) is 18.6. The van der Waals surface area contributed by atoms with Gasteiger partial charge in [0.2, 0.25) is 11.8 Å². The molecule has 1 spiro atoms. The number of amides is 1. The summed E-state index contributed by atoms with van der Waals surface area (Å²) in [5, 5.41) is 3.44. The van der Waals surface area contributed by atoms with Gasteiger partial charge >= 0.3 is 0 Å². The van der Waals surface area contributed by atoms with Crippen molar-refractivity contribution in [3.05, 3.63) is 22.3 Å². The third kappa shape index (κ3) is 1.87. The Morgan fingerprint density at radius 2 is 2.33 bits per heavy atom. The van der Waals surface area contributed by atoms with Crippen LogP contribution in [-0.2, 0) is 11.2 Å². The molecule has 3 heterocycles. The molecule has 2 aliphatic heterocycles. The standard InChI is InChI=1S/C15H18ClN3O2/c1-21-13-12-9(6-11(16)18-13)2-3-10(12)19-7-15(8-19)4-5-17-14(15)20/h6,10H,2-5,7-8H2,1H3,(H,17,20)/t10-/m0/s1. The monoisotopic (exact) mass is 307 g/mol. The van der Waals surface area contributed by atoms with Gasteiger partial charge in [0.15, 0.2) is 0 Å². The van der Waals surface area contributed by atoms with E-state index >= 15 is 0 Å². The van der Waals surface area contributed by atoms with Crippen molar-refractivity contribution in [3.8, 4) is 5.88 Å². The van der Waals surface area contributed by atoms with Crippen molar-refractivity contribution in [2.75, 3.05) is 26.7 Å². The van der Waals surface area contributed by atoms with Crippen LogP contribution >= 0.6 is 11.6 Å². The molecule has 2 fully saturated rings. The lowest BCUT2D eigenvalue weighted by Gasteiger charge is -2.49. The van der Waals surface area contributed by atoms with E-state index in [1.165, 1.54) is 5.56 Å². The van der Waals surface area contributed by atoms with Gasteiger partial charge < -0.3 is 10.1 Å². The van der Waals surface area contributed by atoms with E-state index < -0.39 is 0 Å². The first-order valence-electron chi connectivity index (χ1n) is 7.39. The van der Waals surface area contributed by atoms with Crippen molar-refractivity contribution in [1.82, 2.24) is 15.2 Å². The Morgan fingerprint density at radius 3 is 3.00 bits per heavy atom. The van der Waals surface area contributed by atoms with Crippen molar-refractivity contribution >= 4 is 17.5 Å². The van der Waals surface area contributed by atoms with E-state index in [9.17, 15) is 4.79 Å². The summed E-state index contributed by atoms with van der Waals surface area (Å²) in [6.07, 6.45) is 3.00. The topological polar surface area (TPSA) is 54.5 Å². The molecule has 112 valence electrons. The van der Waals surface area contributed by atoms with E-state index in [-0.39, 0.29) is 11.3 Å². The largest absolute Gasteiger partial charge is 0.481 e. The maximum atomic E-state index is 12.0. The maximum absolute atomic E-state index is 12.0. The zero-order valence-corrected chi connectivity index (χ0v) is 12.7. The van der Waals surface area contributed by atoms with E-state index in [2.05, 4.69) is 15.2 Å². The van der Waals surface area contributed by atoms with Crippen LogP contribution in [0.25, 0.3) is 0 Å². The molecule has 1 aliphatic carbocycles. The minimum absolute atomic E-state index is 0.143. The van der Waals surface area contributed by atoms with Gasteiger partial charge in [-0.3, -0.25) is 9.69 Å². The van der Waals surface area contributed by atoms with Gasteiger partial charge in [-0.15, -0.1) is 0 Å². The summed E-state index contributed by atoms with van der Waals surface area (Å²) in [5.41, 5.74) is 2.25. The van der Waals surface area contributed by atoms with Crippen LogP contribution in [0.1, 0.15) is 30.0 Å². The fourth-order valence-corrected chi connectivity index (χ4v) is 4.25. The van der Waals surface area contributed by atoms with Crippen LogP contribution in [0.5, 0.6) is 5.88 Å². The molecule has 0 unspecified atom stereocenters. The normalized spacial score (nSPS) is 26.6. The lowest BCUT2D eigenvalue weighted by Crippen LogP contribution is -2.60. The molecule has 1 aromatic rings. The molecule has 4 rings (SSSR count). The molecule has 0 radical (unpaired) electrons. The number of rotatable bonds is 2. The number of methoxy groups -OCH3 is 1. The lowest BCUT2D eigenvalue weighted by atomic mass is 9.77. The van der Waals surface area contributed by atoms with Gasteiger partial charge in [-0.25, -0.2) is 4.98 Å². The SMILES string of the molecule is COc1nc(Cl)cc2c1[C@@H](N1CC3(CCNC3=O)C1)CC2. The van der Waals surface area contributed by atoms with E-state index in [0.717, 1.165) is 44.5 Å². The quantitative estimate of drug-likeness (QED) is 0.842. The molecule has 1 N–H and O–H groups in total. The van der Waals surface area contributed by atoms with Crippen molar-refractivity contribution in [1.29, 1.82) is 0 Å². The molecule has 1 amide bonds. The zero-order valence-electron chi connectivity index (χ0n) is 12.0. The Hall–Kier alpha value is -1.33. The van der Waals surface area contributed by atoms with E-state index in [1.807, 2.05) is 6.07 Å². The first kappa shape index (κ1) is 13.3. The van der Waals surface area contributed by atoms with Crippen molar-refractivity contribution in [2.45, 2.75) is 25.3 Å². The smallest absolute Gasteiger partial charge is 0.228 e. The number of halogens is 1. The van der Waals surface area contributed by atoms with Crippen LogP contribution in [-0.4, -0.2) is 42.5 Å². The molecule has 6 heteroatoms. The molecule has 2 saturated heterocycles. The highest BCUT2D eigenvalue weighted by Crippen LogP contribution is 2.48. The van der Waals surface area contributed by atoms with Gasteiger partial charge in [0.1, 0.15) is 5.15 Å². The summed E-state index contributed by atoms with van der Waals surface area (Å²) in [6.45, 7) is 2.50. The number of nitrogens with zero attached hydrogens (tertiary/aromatic N) is 2. The number of aryl methyl sites for hydroxylation is 1. The number of hydrogen-bond donors (Lipinski definition) is 1. The molecule has 0 aromatic carbocycles. The molecule has 1 atom stereocenters. The minimum Gasteiger partial charge on any atom is -0.481 e. The Morgan fingerprint density at radius 1 is 1.52 bits per heavy atom. The van der Waals surface area contributed by atoms with Gasteiger partial charge in [0.05, 0.1) is 12.5 Å². The number of nitrogens with one attached hydrogen (secondary N) is 1. The minimum atomic E-state index is -0.143. The predicted molar refractivity (Wildman–Crippen MR) is 78.5 cm³/mol. The Balaban J connectivity index is 1.60. The number of carbonyl (C=O) groups is 1. The van der Waals surface area contributed by atoms with Gasteiger partial charge in [-0.2, -0.15) is 0 Å². The van der Waals surface area contributed by atoms with E-state index in [0.29, 0.717) is 17.1 Å². The second-order valence-electron chi connectivity index (χ2n) is 6.27. The van der Waals surface area contributed by atoms with Crippen LogP contribution in [0.4, 0.5) is 0 Å². The molecular formula is C15H18ClN3O2. The van der Waals surface area contributed by atoms with Gasteiger partial charge in [-0.1, -0.05) is 11.6 Å². The number of ether oxygens (including phenoxy) is 1.